The molecule has 1 aliphatic heterocycles. The van der Waals surface area contributed by atoms with Crippen LogP contribution in [0.25, 0.3) is 6.08 Å². The lowest BCUT2D eigenvalue weighted by molar-refractivity contribution is -0.127. The van der Waals surface area contributed by atoms with Crippen molar-refractivity contribution in [1.82, 2.24) is 14.8 Å². The predicted octanol–water partition coefficient (Wildman–Crippen LogP) is 5.17. The van der Waals surface area contributed by atoms with Crippen LogP contribution in [0.1, 0.15) is 28.3 Å². The summed E-state index contributed by atoms with van der Waals surface area (Å²) < 4.78 is 6.06. The summed E-state index contributed by atoms with van der Waals surface area (Å²) in [6.07, 6.45) is 7.57. The van der Waals surface area contributed by atoms with Gasteiger partial charge in [-0.15, -0.1) is 22.7 Å². The van der Waals surface area contributed by atoms with Crippen molar-refractivity contribution in [3.63, 3.8) is 0 Å². The zero-order chi connectivity index (χ0) is 22.2. The second kappa shape index (κ2) is 11.4. The first-order chi connectivity index (χ1) is 15.7. The Labute approximate surface area is 198 Å². The van der Waals surface area contributed by atoms with E-state index in [1.165, 1.54) is 5.56 Å². The highest BCUT2D eigenvalue weighted by atomic mass is 32.1. The molecule has 3 heterocycles. The van der Waals surface area contributed by atoms with Crippen LogP contribution < -0.4 is 4.74 Å². The van der Waals surface area contributed by atoms with Crippen LogP contribution >= 0.6 is 22.7 Å². The molecule has 1 aromatic carbocycles. The first-order valence-corrected chi connectivity index (χ1v) is 12.7. The fourth-order valence-corrected chi connectivity index (χ4v) is 5.19. The maximum Gasteiger partial charge on any atom is 0.246 e. The molecule has 7 heteroatoms. The summed E-state index contributed by atoms with van der Waals surface area (Å²) >= 11 is 3.33. The van der Waals surface area contributed by atoms with Gasteiger partial charge in [0.05, 0.1) is 13.2 Å². The van der Waals surface area contributed by atoms with Gasteiger partial charge in [0.1, 0.15) is 10.8 Å². The summed E-state index contributed by atoms with van der Waals surface area (Å²) in [5, 5.41) is 5.17. The highest BCUT2D eigenvalue weighted by Gasteiger charge is 2.23. The van der Waals surface area contributed by atoms with Gasteiger partial charge in [0.15, 0.2) is 0 Å². The number of hydrogen-bond acceptors (Lipinski definition) is 6. The van der Waals surface area contributed by atoms with Crippen molar-refractivity contribution in [3.05, 3.63) is 74.9 Å². The Kier molecular flexibility index (Phi) is 8.09. The van der Waals surface area contributed by atoms with Crippen molar-refractivity contribution in [2.45, 2.75) is 25.9 Å². The van der Waals surface area contributed by atoms with E-state index in [0.717, 1.165) is 54.7 Å². The van der Waals surface area contributed by atoms with E-state index in [9.17, 15) is 4.79 Å². The average Bonchev–Trinajstić information content (AvgIpc) is 3.51. The number of likely N-dealkylation sites (tertiary alicyclic amines) is 1. The van der Waals surface area contributed by atoms with Crippen molar-refractivity contribution in [2.75, 3.05) is 26.7 Å². The van der Waals surface area contributed by atoms with Crippen LogP contribution in [-0.2, 0) is 17.9 Å². The number of aromatic nitrogens is 1. The number of carbonyl (C=O) groups excluding carboxylic acids is 1. The molecule has 168 valence electrons. The third-order valence-electron chi connectivity index (χ3n) is 5.51. The molecule has 1 fully saturated rings. The summed E-state index contributed by atoms with van der Waals surface area (Å²) in [6.45, 7) is 3.95. The molecule has 1 amide bonds. The van der Waals surface area contributed by atoms with Gasteiger partial charge in [-0.05, 0) is 55.1 Å². The zero-order valence-corrected chi connectivity index (χ0v) is 20.0. The molecule has 2 aromatic heterocycles. The van der Waals surface area contributed by atoms with Crippen LogP contribution in [-0.4, -0.2) is 47.4 Å². The summed E-state index contributed by atoms with van der Waals surface area (Å²) in [5.74, 6) is 1.35. The minimum absolute atomic E-state index is 0.0920. The normalized spacial score (nSPS) is 16.7. The number of thiophene rings is 1. The molecule has 3 aromatic rings. The highest BCUT2D eigenvalue weighted by Crippen LogP contribution is 2.21. The van der Waals surface area contributed by atoms with Crippen LogP contribution in [0.3, 0.4) is 0 Å². The summed E-state index contributed by atoms with van der Waals surface area (Å²) in [5.41, 5.74) is 1.25. The minimum Gasteiger partial charge on any atom is -0.493 e. The van der Waals surface area contributed by atoms with Gasteiger partial charge in [0.25, 0.3) is 0 Å². The third-order valence-corrected chi connectivity index (χ3v) is 7.12. The summed E-state index contributed by atoms with van der Waals surface area (Å²) in [6, 6.07) is 12.4. The van der Waals surface area contributed by atoms with E-state index < -0.39 is 0 Å². The maximum atomic E-state index is 12.5. The molecule has 0 N–H and O–H groups in total. The smallest absolute Gasteiger partial charge is 0.246 e. The number of piperidine rings is 1. The van der Waals surface area contributed by atoms with Gasteiger partial charge >= 0.3 is 0 Å². The molecule has 1 saturated heterocycles. The summed E-state index contributed by atoms with van der Waals surface area (Å²) in [7, 11) is 2.11. The van der Waals surface area contributed by atoms with Crippen LogP contribution in [0.15, 0.2) is 59.4 Å². The van der Waals surface area contributed by atoms with E-state index in [-0.39, 0.29) is 5.91 Å². The van der Waals surface area contributed by atoms with Crippen molar-refractivity contribution in [2.24, 2.45) is 5.92 Å². The topological polar surface area (TPSA) is 45.7 Å². The van der Waals surface area contributed by atoms with Crippen LogP contribution in [0, 0.1) is 5.92 Å². The number of rotatable bonds is 9. The fraction of sp³-hybridized carbons (Fsp3) is 0.360. The summed E-state index contributed by atoms with van der Waals surface area (Å²) in [4.78, 5) is 22.2. The quantitative estimate of drug-likeness (QED) is 0.408. The lowest BCUT2D eigenvalue weighted by Crippen LogP contribution is -2.40. The number of hydrogen-bond donors (Lipinski definition) is 0. The molecule has 0 radical (unpaired) electrons. The standard InChI is InChI=1S/C25H29N3O2S2/c1-27(18-24-26-12-15-32-24)16-20-6-8-22(9-7-20)30-19-21-4-2-13-28(17-21)25(29)11-10-23-5-3-14-31-23/h3,5-12,14-15,21H,2,4,13,16-19H2,1H3. The Morgan fingerprint density at radius 3 is 2.84 bits per heavy atom. The van der Waals surface area contributed by atoms with Crippen LogP contribution in [0.5, 0.6) is 5.75 Å². The molecule has 32 heavy (non-hydrogen) atoms. The number of thiazole rings is 1. The molecule has 5 nitrogen and oxygen atoms in total. The number of nitrogens with zero attached hydrogens (tertiary/aromatic N) is 3. The second-order valence-electron chi connectivity index (χ2n) is 8.19. The average molecular weight is 468 g/mol. The number of amides is 1. The van der Waals surface area contributed by atoms with E-state index in [2.05, 4.69) is 29.1 Å². The Morgan fingerprint density at radius 2 is 2.09 bits per heavy atom. The van der Waals surface area contributed by atoms with Crippen molar-refractivity contribution >= 4 is 34.7 Å². The lowest BCUT2D eigenvalue weighted by Gasteiger charge is -2.32. The Balaban J connectivity index is 1.22. The van der Waals surface area contributed by atoms with Crippen molar-refractivity contribution in [1.29, 1.82) is 0 Å². The van der Waals surface area contributed by atoms with Gasteiger partial charge in [-0.1, -0.05) is 18.2 Å². The number of benzene rings is 1. The fourth-order valence-electron chi connectivity index (χ4n) is 3.88. The van der Waals surface area contributed by atoms with Gasteiger partial charge in [0.2, 0.25) is 5.91 Å². The molecule has 0 spiro atoms. The van der Waals surface area contributed by atoms with Gasteiger partial charge in [-0.2, -0.15) is 0 Å². The van der Waals surface area contributed by atoms with E-state index in [4.69, 9.17) is 4.74 Å². The van der Waals surface area contributed by atoms with Crippen LogP contribution in [0.4, 0.5) is 0 Å². The van der Waals surface area contributed by atoms with E-state index >= 15 is 0 Å². The number of ether oxygens (including phenoxy) is 1. The second-order valence-corrected chi connectivity index (χ2v) is 10.2. The molecule has 4 rings (SSSR count). The largest absolute Gasteiger partial charge is 0.493 e. The first-order valence-electron chi connectivity index (χ1n) is 10.9. The molecule has 1 unspecified atom stereocenters. The van der Waals surface area contributed by atoms with Crippen molar-refractivity contribution in [3.8, 4) is 5.75 Å². The van der Waals surface area contributed by atoms with Crippen molar-refractivity contribution < 1.29 is 9.53 Å². The molecule has 0 saturated carbocycles. The van der Waals surface area contributed by atoms with Gasteiger partial charge in [-0.3, -0.25) is 9.69 Å². The molecule has 0 aliphatic carbocycles. The maximum absolute atomic E-state index is 12.5. The Bertz CT molecular complexity index is 985. The monoisotopic (exact) mass is 467 g/mol. The molecular weight excluding hydrogens is 438 g/mol. The zero-order valence-electron chi connectivity index (χ0n) is 18.4. The molecule has 1 aliphatic rings. The highest BCUT2D eigenvalue weighted by molar-refractivity contribution is 7.10. The third kappa shape index (κ3) is 6.76. The number of carbonyl (C=O) groups is 1. The van der Waals surface area contributed by atoms with E-state index in [1.54, 1.807) is 28.7 Å². The Hall–Kier alpha value is -2.48. The SMILES string of the molecule is CN(Cc1ccc(OCC2CCCN(C(=O)C=Cc3cccs3)C2)cc1)Cc1nccs1. The molecule has 0 bridgehead atoms. The van der Waals surface area contributed by atoms with Gasteiger partial charge < -0.3 is 9.64 Å². The van der Waals surface area contributed by atoms with E-state index in [0.29, 0.717) is 12.5 Å². The minimum atomic E-state index is 0.0920. The molecule has 1 atom stereocenters. The van der Waals surface area contributed by atoms with Crippen LogP contribution in [0.2, 0.25) is 0 Å². The Morgan fingerprint density at radius 1 is 1.22 bits per heavy atom. The van der Waals surface area contributed by atoms with Gasteiger partial charge in [-0.25, -0.2) is 4.98 Å². The molecular formula is C25H29N3O2S2. The first kappa shape index (κ1) is 22.7. The lowest BCUT2D eigenvalue weighted by atomic mass is 9.99. The predicted molar refractivity (Wildman–Crippen MR) is 132 cm³/mol. The van der Waals surface area contributed by atoms with E-state index in [1.807, 2.05) is 52.2 Å². The van der Waals surface area contributed by atoms with Gasteiger partial charge in [0, 0.05) is 48.1 Å².